The van der Waals surface area contributed by atoms with Crippen molar-refractivity contribution in [3.05, 3.63) is 53.6 Å². The summed E-state index contributed by atoms with van der Waals surface area (Å²) in [4.78, 5) is 4.12. The molecule has 0 fully saturated rings. The van der Waals surface area contributed by atoms with Gasteiger partial charge in [0.15, 0.2) is 0 Å². The van der Waals surface area contributed by atoms with Crippen LogP contribution in [-0.2, 0) is 6.54 Å². The van der Waals surface area contributed by atoms with Gasteiger partial charge in [0.25, 0.3) is 0 Å². The quantitative estimate of drug-likeness (QED) is 0.739. The van der Waals surface area contributed by atoms with Crippen molar-refractivity contribution in [2.75, 3.05) is 0 Å². The number of hydrogen-bond acceptors (Lipinski definition) is 2. The lowest BCUT2D eigenvalue weighted by molar-refractivity contribution is 0.788. The fourth-order valence-corrected chi connectivity index (χ4v) is 1.55. The van der Waals surface area contributed by atoms with E-state index in [1.54, 1.807) is 0 Å². The number of aromatic nitrogens is 2. The second-order valence-corrected chi connectivity index (χ2v) is 3.50. The van der Waals surface area contributed by atoms with Crippen molar-refractivity contribution in [1.82, 2.24) is 9.55 Å². The first-order valence-corrected chi connectivity index (χ1v) is 4.75. The molecule has 0 radical (unpaired) electrons. The third-order valence-corrected chi connectivity index (χ3v) is 2.23. The summed E-state index contributed by atoms with van der Waals surface area (Å²) in [6, 6.07) is 7.92. The first-order chi connectivity index (χ1) is 7.29. The van der Waals surface area contributed by atoms with Gasteiger partial charge in [-0.25, -0.2) is 0 Å². The third-order valence-electron chi connectivity index (χ3n) is 2.23. The van der Waals surface area contributed by atoms with Crippen molar-refractivity contribution >= 4 is 0 Å². The average Bonchev–Trinajstić information content (AvgIpc) is 2.65. The van der Waals surface area contributed by atoms with Gasteiger partial charge >= 0.3 is 0 Å². The number of nitriles is 1. The molecule has 0 N–H and O–H groups in total. The van der Waals surface area contributed by atoms with Gasteiger partial charge in [-0.3, -0.25) is 4.98 Å². The predicted octanol–water partition coefficient (Wildman–Crippen LogP) is 2.11. The van der Waals surface area contributed by atoms with E-state index in [2.05, 4.69) is 17.1 Å². The zero-order valence-corrected chi connectivity index (χ0v) is 8.51. The molecule has 2 heterocycles. The van der Waals surface area contributed by atoms with E-state index in [1.165, 1.54) is 0 Å². The lowest BCUT2D eigenvalue weighted by Gasteiger charge is -2.04. The van der Waals surface area contributed by atoms with E-state index in [4.69, 9.17) is 5.26 Å². The highest BCUT2D eigenvalue weighted by Gasteiger charge is 2.00. The van der Waals surface area contributed by atoms with Gasteiger partial charge in [-0.15, -0.1) is 0 Å². The summed E-state index contributed by atoms with van der Waals surface area (Å²) in [5.41, 5.74) is 2.93. The summed E-state index contributed by atoms with van der Waals surface area (Å²) in [7, 11) is 0. The third kappa shape index (κ3) is 2.05. The van der Waals surface area contributed by atoms with Crippen LogP contribution in [0.5, 0.6) is 0 Å². The van der Waals surface area contributed by atoms with E-state index in [0.29, 0.717) is 12.2 Å². The van der Waals surface area contributed by atoms with Gasteiger partial charge in [0, 0.05) is 25.1 Å². The summed E-state index contributed by atoms with van der Waals surface area (Å²) in [5.74, 6) is 0. The minimum Gasteiger partial charge on any atom is -0.335 e. The molecule has 0 spiro atoms. The maximum absolute atomic E-state index is 8.85. The molecule has 0 unspecified atom stereocenters. The number of rotatable bonds is 2. The Labute approximate surface area is 88.6 Å². The Morgan fingerprint density at radius 2 is 2.33 bits per heavy atom. The first kappa shape index (κ1) is 9.47. The first-order valence-electron chi connectivity index (χ1n) is 4.75. The Hall–Kier alpha value is -2.08. The molecule has 15 heavy (non-hydrogen) atoms. The summed E-state index contributed by atoms with van der Waals surface area (Å²) < 4.78 is 1.91. The SMILES string of the molecule is Cc1cncc(Cn2cccc2C#N)c1. The van der Waals surface area contributed by atoms with Crippen LogP contribution in [0.4, 0.5) is 0 Å². The molecule has 0 aliphatic heterocycles. The van der Waals surface area contributed by atoms with Crippen LogP contribution in [0.15, 0.2) is 36.8 Å². The Kier molecular flexibility index (Phi) is 2.51. The van der Waals surface area contributed by atoms with Crippen molar-refractivity contribution in [2.24, 2.45) is 0 Å². The molecule has 3 nitrogen and oxygen atoms in total. The van der Waals surface area contributed by atoms with Gasteiger partial charge in [-0.1, -0.05) is 6.07 Å². The molecule has 0 bridgehead atoms. The van der Waals surface area contributed by atoms with E-state index in [1.807, 2.05) is 42.2 Å². The van der Waals surface area contributed by atoms with Crippen LogP contribution in [0.1, 0.15) is 16.8 Å². The zero-order chi connectivity index (χ0) is 10.7. The second-order valence-electron chi connectivity index (χ2n) is 3.50. The normalized spacial score (nSPS) is 9.87. The zero-order valence-electron chi connectivity index (χ0n) is 8.51. The molecule has 2 rings (SSSR count). The van der Waals surface area contributed by atoms with E-state index in [-0.39, 0.29) is 0 Å². The molecule has 0 saturated carbocycles. The smallest absolute Gasteiger partial charge is 0.120 e. The maximum atomic E-state index is 8.85. The molecule has 0 aliphatic carbocycles. The summed E-state index contributed by atoms with van der Waals surface area (Å²) in [6.45, 7) is 2.71. The van der Waals surface area contributed by atoms with Crippen LogP contribution >= 0.6 is 0 Å². The van der Waals surface area contributed by atoms with Crippen LogP contribution in [0, 0.1) is 18.3 Å². The molecule has 0 amide bonds. The van der Waals surface area contributed by atoms with Gasteiger partial charge in [0.05, 0.1) is 0 Å². The molecule has 3 heteroatoms. The van der Waals surface area contributed by atoms with E-state index >= 15 is 0 Å². The van der Waals surface area contributed by atoms with Gasteiger partial charge in [0.1, 0.15) is 11.8 Å². The summed E-state index contributed by atoms with van der Waals surface area (Å²) in [5, 5.41) is 8.85. The molecule has 74 valence electrons. The molecular weight excluding hydrogens is 186 g/mol. The lowest BCUT2D eigenvalue weighted by Crippen LogP contribution is -2.01. The Morgan fingerprint density at radius 3 is 3.07 bits per heavy atom. The van der Waals surface area contributed by atoms with E-state index in [0.717, 1.165) is 11.1 Å². The van der Waals surface area contributed by atoms with Crippen LogP contribution in [-0.4, -0.2) is 9.55 Å². The largest absolute Gasteiger partial charge is 0.335 e. The summed E-state index contributed by atoms with van der Waals surface area (Å²) >= 11 is 0. The maximum Gasteiger partial charge on any atom is 0.120 e. The lowest BCUT2D eigenvalue weighted by atomic mass is 10.2. The van der Waals surface area contributed by atoms with Gasteiger partial charge in [-0.2, -0.15) is 5.26 Å². The van der Waals surface area contributed by atoms with Crippen LogP contribution in [0.2, 0.25) is 0 Å². The minimum absolute atomic E-state index is 0.677. The fraction of sp³-hybridized carbons (Fsp3) is 0.167. The highest BCUT2D eigenvalue weighted by atomic mass is 15.0. The van der Waals surface area contributed by atoms with Crippen molar-refractivity contribution < 1.29 is 0 Å². The molecule has 2 aromatic rings. The van der Waals surface area contributed by atoms with Gasteiger partial charge in [0.2, 0.25) is 0 Å². The Morgan fingerprint density at radius 1 is 1.47 bits per heavy atom. The highest BCUT2D eigenvalue weighted by Crippen LogP contribution is 2.07. The number of pyridine rings is 1. The molecule has 0 aromatic carbocycles. The number of aryl methyl sites for hydroxylation is 1. The molecule has 0 aliphatic rings. The van der Waals surface area contributed by atoms with Crippen molar-refractivity contribution in [3.63, 3.8) is 0 Å². The molecule has 2 aromatic heterocycles. The highest BCUT2D eigenvalue weighted by molar-refractivity contribution is 5.24. The topological polar surface area (TPSA) is 41.6 Å². The molecule has 0 saturated heterocycles. The van der Waals surface area contributed by atoms with Crippen molar-refractivity contribution in [3.8, 4) is 6.07 Å². The van der Waals surface area contributed by atoms with Crippen LogP contribution < -0.4 is 0 Å². The van der Waals surface area contributed by atoms with Crippen LogP contribution in [0.3, 0.4) is 0 Å². The van der Waals surface area contributed by atoms with Crippen molar-refractivity contribution in [1.29, 1.82) is 5.26 Å². The molecule has 0 atom stereocenters. The van der Waals surface area contributed by atoms with E-state index < -0.39 is 0 Å². The number of hydrogen-bond donors (Lipinski definition) is 0. The Bertz CT molecular complexity index is 506. The van der Waals surface area contributed by atoms with Gasteiger partial charge < -0.3 is 4.57 Å². The second kappa shape index (κ2) is 3.97. The van der Waals surface area contributed by atoms with Gasteiger partial charge in [-0.05, 0) is 30.2 Å². The predicted molar refractivity (Wildman–Crippen MR) is 57.2 cm³/mol. The average molecular weight is 197 g/mol. The fourth-order valence-electron chi connectivity index (χ4n) is 1.55. The van der Waals surface area contributed by atoms with Crippen molar-refractivity contribution in [2.45, 2.75) is 13.5 Å². The Balaban J connectivity index is 2.26. The standard InChI is InChI=1S/C12H11N3/c1-10-5-11(8-14-7-10)9-15-4-2-3-12(15)6-13/h2-5,7-8H,9H2,1H3. The minimum atomic E-state index is 0.677. The molecular formula is C12H11N3. The van der Waals surface area contributed by atoms with E-state index in [9.17, 15) is 0 Å². The van der Waals surface area contributed by atoms with Crippen LogP contribution in [0.25, 0.3) is 0 Å². The summed E-state index contributed by atoms with van der Waals surface area (Å²) in [6.07, 6.45) is 5.55. The number of nitrogens with zero attached hydrogens (tertiary/aromatic N) is 3. The monoisotopic (exact) mass is 197 g/mol.